The van der Waals surface area contributed by atoms with Gasteiger partial charge in [0, 0.05) is 38.6 Å². The number of nitrogens with one attached hydrogen (secondary N) is 3. The first-order valence-corrected chi connectivity index (χ1v) is 9.75. The van der Waals surface area contributed by atoms with Crippen molar-refractivity contribution >= 4 is 17.8 Å². The van der Waals surface area contributed by atoms with Gasteiger partial charge in [-0.25, -0.2) is 4.99 Å². The summed E-state index contributed by atoms with van der Waals surface area (Å²) in [6, 6.07) is 9.94. The largest absolute Gasteiger partial charge is 0.357 e. The van der Waals surface area contributed by atoms with E-state index in [9.17, 15) is 9.59 Å². The second-order valence-corrected chi connectivity index (χ2v) is 6.58. The smallest absolute Gasteiger partial charge is 0.244 e. The molecule has 0 unspecified atom stereocenters. The number of likely N-dealkylation sites (N-methyl/N-ethyl adjacent to an activating group) is 1. The molecule has 1 aliphatic rings. The molecule has 2 rings (SSSR count). The number of aliphatic imine (C=N–C) groups is 1. The van der Waals surface area contributed by atoms with Gasteiger partial charge in [0.15, 0.2) is 5.96 Å². The molecule has 0 bridgehead atoms. The van der Waals surface area contributed by atoms with E-state index < -0.39 is 0 Å². The third-order valence-electron chi connectivity index (χ3n) is 4.33. The Morgan fingerprint density at radius 2 is 1.78 bits per heavy atom. The van der Waals surface area contributed by atoms with Crippen molar-refractivity contribution in [2.24, 2.45) is 10.9 Å². The van der Waals surface area contributed by atoms with Crippen LogP contribution in [0.5, 0.6) is 0 Å². The Kier molecular flexibility index (Phi) is 8.61. The molecule has 148 valence electrons. The van der Waals surface area contributed by atoms with E-state index in [2.05, 4.69) is 20.9 Å². The van der Waals surface area contributed by atoms with E-state index in [0.29, 0.717) is 38.7 Å². The molecule has 3 N–H and O–H groups in total. The molecule has 0 aliphatic heterocycles. The fourth-order valence-corrected chi connectivity index (χ4v) is 2.63. The van der Waals surface area contributed by atoms with E-state index in [0.717, 1.165) is 18.4 Å². The first kappa shape index (κ1) is 20.7. The van der Waals surface area contributed by atoms with Crippen LogP contribution in [-0.2, 0) is 16.1 Å². The number of carbonyl (C=O) groups excluding carboxylic acids is 2. The lowest BCUT2D eigenvalue weighted by atomic mass is 10.2. The van der Waals surface area contributed by atoms with E-state index in [1.54, 1.807) is 4.90 Å². The summed E-state index contributed by atoms with van der Waals surface area (Å²) in [5, 5.41) is 9.18. The van der Waals surface area contributed by atoms with Crippen LogP contribution in [0, 0.1) is 5.92 Å². The summed E-state index contributed by atoms with van der Waals surface area (Å²) in [5.74, 6) is 0.922. The van der Waals surface area contributed by atoms with Gasteiger partial charge in [-0.1, -0.05) is 30.3 Å². The van der Waals surface area contributed by atoms with Gasteiger partial charge in [0.2, 0.25) is 11.8 Å². The van der Waals surface area contributed by atoms with Crippen molar-refractivity contribution in [3.8, 4) is 0 Å². The summed E-state index contributed by atoms with van der Waals surface area (Å²) in [6.07, 6.45) is 2.00. The Morgan fingerprint density at radius 3 is 2.41 bits per heavy atom. The SMILES string of the molecule is CCNC(=NCC(=O)N(CC)Cc1ccccc1)NCCNC(=O)C1CC1. The molecule has 0 saturated heterocycles. The predicted octanol–water partition coefficient (Wildman–Crippen LogP) is 1.12. The molecule has 1 saturated carbocycles. The molecule has 27 heavy (non-hydrogen) atoms. The van der Waals surface area contributed by atoms with Gasteiger partial charge in [-0.15, -0.1) is 0 Å². The Hall–Kier alpha value is -2.57. The molecule has 1 aromatic rings. The van der Waals surface area contributed by atoms with Crippen LogP contribution in [0.25, 0.3) is 0 Å². The Labute approximate surface area is 161 Å². The summed E-state index contributed by atoms with van der Waals surface area (Å²) in [7, 11) is 0. The van der Waals surface area contributed by atoms with Crippen LogP contribution in [0.15, 0.2) is 35.3 Å². The zero-order valence-electron chi connectivity index (χ0n) is 16.3. The van der Waals surface area contributed by atoms with Crippen LogP contribution in [0.4, 0.5) is 0 Å². The van der Waals surface area contributed by atoms with Crippen molar-refractivity contribution in [2.75, 3.05) is 32.7 Å². The average molecular weight is 374 g/mol. The lowest BCUT2D eigenvalue weighted by Gasteiger charge is -2.20. The number of hydrogen-bond acceptors (Lipinski definition) is 3. The molecular weight excluding hydrogens is 342 g/mol. The second kappa shape index (κ2) is 11.2. The second-order valence-electron chi connectivity index (χ2n) is 6.58. The third-order valence-corrected chi connectivity index (χ3v) is 4.33. The zero-order chi connectivity index (χ0) is 19.5. The topological polar surface area (TPSA) is 85.8 Å². The molecule has 0 atom stereocenters. The number of hydrogen-bond donors (Lipinski definition) is 3. The van der Waals surface area contributed by atoms with Gasteiger partial charge in [0.1, 0.15) is 6.54 Å². The number of amides is 2. The zero-order valence-corrected chi connectivity index (χ0v) is 16.3. The molecule has 0 heterocycles. The van der Waals surface area contributed by atoms with Gasteiger partial charge in [0.05, 0.1) is 0 Å². The molecule has 1 aromatic carbocycles. The summed E-state index contributed by atoms with van der Waals surface area (Å²) in [5.41, 5.74) is 1.10. The van der Waals surface area contributed by atoms with Crippen molar-refractivity contribution in [3.63, 3.8) is 0 Å². The van der Waals surface area contributed by atoms with Crippen molar-refractivity contribution in [3.05, 3.63) is 35.9 Å². The quantitative estimate of drug-likeness (QED) is 0.326. The molecule has 7 heteroatoms. The molecule has 7 nitrogen and oxygen atoms in total. The number of nitrogens with zero attached hydrogens (tertiary/aromatic N) is 2. The third kappa shape index (κ3) is 7.68. The van der Waals surface area contributed by atoms with Crippen molar-refractivity contribution in [1.82, 2.24) is 20.9 Å². The highest BCUT2D eigenvalue weighted by Gasteiger charge is 2.28. The normalized spacial score (nSPS) is 13.8. The molecule has 1 fully saturated rings. The van der Waals surface area contributed by atoms with Gasteiger partial charge in [-0.2, -0.15) is 0 Å². The maximum atomic E-state index is 12.5. The summed E-state index contributed by atoms with van der Waals surface area (Å²) < 4.78 is 0. The van der Waals surface area contributed by atoms with E-state index in [1.807, 2.05) is 44.2 Å². The van der Waals surface area contributed by atoms with E-state index in [-0.39, 0.29) is 24.3 Å². The van der Waals surface area contributed by atoms with Crippen LogP contribution in [-0.4, -0.2) is 55.4 Å². The fourth-order valence-electron chi connectivity index (χ4n) is 2.63. The predicted molar refractivity (Wildman–Crippen MR) is 107 cm³/mol. The molecule has 0 spiro atoms. The van der Waals surface area contributed by atoms with Crippen molar-refractivity contribution in [1.29, 1.82) is 0 Å². The van der Waals surface area contributed by atoms with Gasteiger partial charge in [-0.3, -0.25) is 9.59 Å². The molecule has 0 radical (unpaired) electrons. The Balaban J connectivity index is 1.78. The van der Waals surface area contributed by atoms with Crippen LogP contribution < -0.4 is 16.0 Å². The van der Waals surface area contributed by atoms with Crippen LogP contribution in [0.3, 0.4) is 0 Å². The number of benzene rings is 1. The summed E-state index contributed by atoms with van der Waals surface area (Å²) in [6.45, 7) is 7.07. The highest BCUT2D eigenvalue weighted by Crippen LogP contribution is 2.28. The Bertz CT molecular complexity index is 629. The molecule has 0 aromatic heterocycles. The average Bonchev–Trinajstić information content (AvgIpc) is 3.53. The minimum atomic E-state index is -0.0133. The molecule has 1 aliphatic carbocycles. The first-order chi connectivity index (χ1) is 13.1. The lowest BCUT2D eigenvalue weighted by molar-refractivity contribution is -0.130. The van der Waals surface area contributed by atoms with Gasteiger partial charge in [0.25, 0.3) is 0 Å². The lowest BCUT2D eigenvalue weighted by Crippen LogP contribution is -2.42. The number of guanidine groups is 1. The minimum Gasteiger partial charge on any atom is -0.357 e. The van der Waals surface area contributed by atoms with E-state index in [1.165, 1.54) is 0 Å². The van der Waals surface area contributed by atoms with Crippen LogP contribution in [0.1, 0.15) is 32.3 Å². The van der Waals surface area contributed by atoms with Crippen molar-refractivity contribution in [2.45, 2.75) is 33.2 Å². The van der Waals surface area contributed by atoms with E-state index >= 15 is 0 Å². The van der Waals surface area contributed by atoms with Gasteiger partial charge in [-0.05, 0) is 32.3 Å². The van der Waals surface area contributed by atoms with Crippen LogP contribution >= 0.6 is 0 Å². The standard InChI is InChI=1S/C20H31N5O2/c1-3-21-20(23-13-12-22-19(27)17-10-11-17)24-14-18(26)25(4-2)15-16-8-6-5-7-9-16/h5-9,17H,3-4,10-15H2,1-2H3,(H,22,27)(H2,21,23,24). The van der Waals surface area contributed by atoms with Crippen LogP contribution in [0.2, 0.25) is 0 Å². The summed E-state index contributed by atoms with van der Waals surface area (Å²) >= 11 is 0. The monoisotopic (exact) mass is 373 g/mol. The summed E-state index contributed by atoms with van der Waals surface area (Å²) in [4.78, 5) is 30.3. The van der Waals surface area contributed by atoms with Gasteiger partial charge < -0.3 is 20.9 Å². The highest BCUT2D eigenvalue weighted by atomic mass is 16.2. The molecular formula is C20H31N5O2. The molecule has 2 amide bonds. The fraction of sp³-hybridized carbons (Fsp3) is 0.550. The highest BCUT2D eigenvalue weighted by molar-refractivity contribution is 5.85. The minimum absolute atomic E-state index is 0.0133. The maximum Gasteiger partial charge on any atom is 0.244 e. The number of carbonyl (C=O) groups is 2. The van der Waals surface area contributed by atoms with Crippen molar-refractivity contribution < 1.29 is 9.59 Å². The van der Waals surface area contributed by atoms with Gasteiger partial charge >= 0.3 is 0 Å². The number of rotatable bonds is 10. The Morgan fingerprint density at radius 1 is 1.07 bits per heavy atom. The first-order valence-electron chi connectivity index (χ1n) is 9.75. The maximum absolute atomic E-state index is 12.5. The van der Waals surface area contributed by atoms with E-state index in [4.69, 9.17) is 0 Å².